The lowest BCUT2D eigenvalue weighted by atomic mass is 9.98. The van der Waals surface area contributed by atoms with E-state index in [9.17, 15) is 14.7 Å². The molecule has 0 radical (unpaired) electrons. The van der Waals surface area contributed by atoms with Crippen LogP contribution >= 0.6 is 0 Å². The van der Waals surface area contributed by atoms with Crippen molar-refractivity contribution in [3.8, 4) is 16.9 Å². The molecule has 6 nitrogen and oxygen atoms in total. The molecule has 2 aliphatic rings. The Kier molecular flexibility index (Phi) is 5.73. The summed E-state index contributed by atoms with van der Waals surface area (Å²) in [4.78, 5) is 24.5. The lowest BCUT2D eigenvalue weighted by Gasteiger charge is -2.25. The fourth-order valence-electron chi connectivity index (χ4n) is 5.01. The Labute approximate surface area is 192 Å². The number of amides is 1. The van der Waals surface area contributed by atoms with Crippen molar-refractivity contribution in [1.82, 2.24) is 5.32 Å². The zero-order valence-electron chi connectivity index (χ0n) is 18.0. The van der Waals surface area contributed by atoms with Crippen LogP contribution in [-0.2, 0) is 9.53 Å². The minimum Gasteiger partial charge on any atom is -0.488 e. The molecule has 0 saturated heterocycles. The van der Waals surface area contributed by atoms with Crippen LogP contribution in [0.2, 0.25) is 0 Å². The Morgan fingerprint density at radius 1 is 0.848 bits per heavy atom. The maximum atomic E-state index is 12.8. The smallest absolute Gasteiger partial charge is 0.407 e. The summed E-state index contributed by atoms with van der Waals surface area (Å²) in [6, 6.07) is 24.8. The highest BCUT2D eigenvalue weighted by Crippen LogP contribution is 2.44. The number of nitrogens with one attached hydrogen (secondary N) is 1. The average molecular weight is 443 g/mol. The maximum Gasteiger partial charge on any atom is 0.407 e. The van der Waals surface area contributed by atoms with Gasteiger partial charge in [0.25, 0.3) is 0 Å². The fourth-order valence-corrected chi connectivity index (χ4v) is 5.01. The van der Waals surface area contributed by atoms with E-state index in [0.29, 0.717) is 18.6 Å². The molecule has 0 bridgehead atoms. The molecule has 1 saturated carbocycles. The van der Waals surface area contributed by atoms with E-state index in [4.69, 9.17) is 9.47 Å². The van der Waals surface area contributed by atoms with Crippen LogP contribution in [0.5, 0.6) is 5.75 Å². The lowest BCUT2D eigenvalue weighted by molar-refractivity contribution is -0.142. The van der Waals surface area contributed by atoms with Crippen LogP contribution in [0.4, 0.5) is 4.79 Å². The van der Waals surface area contributed by atoms with E-state index in [1.54, 1.807) is 0 Å². The van der Waals surface area contributed by atoms with E-state index in [1.165, 1.54) is 0 Å². The van der Waals surface area contributed by atoms with Crippen LogP contribution in [0.1, 0.15) is 29.9 Å². The van der Waals surface area contributed by atoms with E-state index < -0.39 is 30.1 Å². The minimum atomic E-state index is -0.946. The third-order valence-electron chi connectivity index (χ3n) is 6.57. The third-order valence-corrected chi connectivity index (χ3v) is 6.57. The zero-order chi connectivity index (χ0) is 22.8. The summed E-state index contributed by atoms with van der Waals surface area (Å²) in [7, 11) is 0. The summed E-state index contributed by atoms with van der Waals surface area (Å²) >= 11 is 0. The molecule has 0 spiro atoms. The third kappa shape index (κ3) is 4.16. The van der Waals surface area contributed by atoms with E-state index in [-0.39, 0.29) is 12.5 Å². The second-order valence-electron chi connectivity index (χ2n) is 8.49. The van der Waals surface area contributed by atoms with Crippen molar-refractivity contribution < 1.29 is 24.2 Å². The van der Waals surface area contributed by atoms with Gasteiger partial charge in [0.2, 0.25) is 0 Å². The van der Waals surface area contributed by atoms with Gasteiger partial charge >= 0.3 is 12.1 Å². The first kappa shape index (κ1) is 21.1. The first-order valence-electron chi connectivity index (χ1n) is 11.2. The SMILES string of the molecule is O=C(N[C@@H]1[C@@H](Oc2ccccc2)CC[C@H]1C(=O)O)OCC1c2ccccc2-c2ccccc21. The van der Waals surface area contributed by atoms with Gasteiger partial charge < -0.3 is 19.9 Å². The number of fused-ring (bicyclic) bond motifs is 3. The molecule has 3 atom stereocenters. The molecule has 3 aromatic carbocycles. The monoisotopic (exact) mass is 443 g/mol. The molecule has 0 aromatic heterocycles. The van der Waals surface area contributed by atoms with Crippen molar-refractivity contribution in [3.05, 3.63) is 90.0 Å². The summed E-state index contributed by atoms with van der Waals surface area (Å²) in [6.45, 7) is 0.175. The van der Waals surface area contributed by atoms with Crippen LogP contribution in [-0.4, -0.2) is 35.9 Å². The number of rotatable bonds is 6. The van der Waals surface area contributed by atoms with E-state index in [2.05, 4.69) is 29.6 Å². The number of aliphatic carboxylic acids is 1. The molecule has 5 rings (SSSR count). The molecule has 33 heavy (non-hydrogen) atoms. The highest BCUT2D eigenvalue weighted by Gasteiger charge is 2.43. The predicted octanol–water partition coefficient (Wildman–Crippen LogP) is 4.84. The summed E-state index contributed by atoms with van der Waals surface area (Å²) in [5.41, 5.74) is 4.56. The number of ether oxygens (including phenoxy) is 2. The van der Waals surface area contributed by atoms with Gasteiger partial charge in [-0.3, -0.25) is 4.79 Å². The minimum absolute atomic E-state index is 0.0571. The van der Waals surface area contributed by atoms with Crippen molar-refractivity contribution in [2.45, 2.75) is 30.9 Å². The van der Waals surface area contributed by atoms with Crippen LogP contribution in [0.25, 0.3) is 11.1 Å². The van der Waals surface area contributed by atoms with Gasteiger partial charge in [0.05, 0.1) is 12.0 Å². The Morgan fingerprint density at radius 2 is 1.45 bits per heavy atom. The molecular weight excluding hydrogens is 418 g/mol. The number of hydrogen-bond acceptors (Lipinski definition) is 4. The second kappa shape index (κ2) is 8.98. The normalized spacial score (nSPS) is 21.2. The van der Waals surface area contributed by atoms with Crippen molar-refractivity contribution in [1.29, 1.82) is 0 Å². The van der Waals surface area contributed by atoms with E-state index >= 15 is 0 Å². The molecule has 1 fully saturated rings. The van der Waals surface area contributed by atoms with E-state index in [0.717, 1.165) is 22.3 Å². The van der Waals surface area contributed by atoms with Gasteiger partial charge in [-0.15, -0.1) is 0 Å². The summed E-state index contributed by atoms with van der Waals surface area (Å²) in [5.74, 6) is -1.08. The molecular formula is C27H25NO5. The van der Waals surface area contributed by atoms with Crippen LogP contribution in [0.15, 0.2) is 78.9 Å². The fraction of sp³-hybridized carbons (Fsp3) is 0.259. The largest absolute Gasteiger partial charge is 0.488 e. The van der Waals surface area contributed by atoms with Gasteiger partial charge in [0, 0.05) is 5.92 Å². The standard InChI is InChI=1S/C27H25NO5/c29-26(30)22-14-15-24(33-17-8-2-1-3-9-17)25(22)28-27(31)32-16-23-20-12-6-4-10-18(20)19-11-5-7-13-21(19)23/h1-13,22-25H,14-16H2,(H,28,31)(H,29,30)/t22-,24+,25+/m1/s1. The summed E-state index contributed by atoms with van der Waals surface area (Å²) in [6.07, 6.45) is -0.0907. The van der Waals surface area contributed by atoms with Gasteiger partial charge in [-0.25, -0.2) is 4.79 Å². The van der Waals surface area contributed by atoms with Crippen molar-refractivity contribution in [3.63, 3.8) is 0 Å². The summed E-state index contributed by atoms with van der Waals surface area (Å²) < 4.78 is 11.6. The number of carboxylic acids is 1. The number of benzene rings is 3. The number of hydrogen-bond donors (Lipinski definition) is 2. The van der Waals surface area contributed by atoms with Crippen LogP contribution < -0.4 is 10.1 Å². The van der Waals surface area contributed by atoms with E-state index in [1.807, 2.05) is 54.6 Å². The number of para-hydroxylation sites is 1. The van der Waals surface area contributed by atoms with Crippen LogP contribution in [0, 0.1) is 5.92 Å². The van der Waals surface area contributed by atoms with Crippen molar-refractivity contribution >= 4 is 12.1 Å². The average Bonchev–Trinajstić information content (AvgIpc) is 3.37. The predicted molar refractivity (Wildman–Crippen MR) is 123 cm³/mol. The van der Waals surface area contributed by atoms with Gasteiger partial charge in [0.15, 0.2) is 0 Å². The van der Waals surface area contributed by atoms with Gasteiger partial charge in [-0.05, 0) is 47.2 Å². The van der Waals surface area contributed by atoms with Crippen LogP contribution in [0.3, 0.4) is 0 Å². The molecule has 2 aliphatic carbocycles. The topological polar surface area (TPSA) is 84.9 Å². The Bertz CT molecular complexity index is 1120. The first-order chi connectivity index (χ1) is 16.1. The maximum absolute atomic E-state index is 12.8. The molecule has 2 N–H and O–H groups in total. The Hall–Kier alpha value is -3.80. The van der Waals surface area contributed by atoms with Gasteiger partial charge in [-0.2, -0.15) is 0 Å². The molecule has 0 aliphatic heterocycles. The molecule has 3 aromatic rings. The Morgan fingerprint density at radius 3 is 2.09 bits per heavy atom. The van der Waals surface area contributed by atoms with Gasteiger partial charge in [0.1, 0.15) is 18.5 Å². The zero-order valence-corrected chi connectivity index (χ0v) is 18.0. The first-order valence-corrected chi connectivity index (χ1v) is 11.2. The molecule has 0 heterocycles. The lowest BCUT2D eigenvalue weighted by Crippen LogP contribution is -2.48. The summed E-state index contributed by atoms with van der Waals surface area (Å²) in [5, 5.41) is 12.4. The number of alkyl carbamates (subject to hydrolysis) is 1. The molecule has 1 amide bonds. The molecule has 168 valence electrons. The number of carbonyl (C=O) groups excluding carboxylic acids is 1. The molecule has 0 unspecified atom stereocenters. The second-order valence-corrected chi connectivity index (χ2v) is 8.49. The van der Waals surface area contributed by atoms with Crippen molar-refractivity contribution in [2.24, 2.45) is 5.92 Å². The Balaban J connectivity index is 1.28. The van der Waals surface area contributed by atoms with Gasteiger partial charge in [-0.1, -0.05) is 66.7 Å². The quantitative estimate of drug-likeness (QED) is 0.570. The number of carboxylic acid groups (broad SMARTS) is 1. The highest BCUT2D eigenvalue weighted by molar-refractivity contribution is 5.79. The molecule has 6 heteroatoms. The number of carbonyl (C=O) groups is 2. The highest BCUT2D eigenvalue weighted by atomic mass is 16.5. The van der Waals surface area contributed by atoms with Crippen molar-refractivity contribution in [2.75, 3.05) is 6.61 Å².